The van der Waals surface area contributed by atoms with E-state index in [-0.39, 0.29) is 5.91 Å². The molecule has 1 aliphatic heterocycles. The summed E-state index contributed by atoms with van der Waals surface area (Å²) in [6.45, 7) is 2.80. The normalized spacial score (nSPS) is 16.8. The fraction of sp³-hybridized carbons (Fsp3) is 0.467. The Morgan fingerprint density at radius 1 is 1.24 bits per heavy atom. The lowest BCUT2D eigenvalue weighted by Gasteiger charge is -2.31. The van der Waals surface area contributed by atoms with Gasteiger partial charge in [0.15, 0.2) is 0 Å². The van der Waals surface area contributed by atoms with Gasteiger partial charge in [0.1, 0.15) is 0 Å². The molecule has 0 spiro atoms. The largest absolute Gasteiger partial charge is 0.369 e. The molecular weight excluding hydrogens is 268 g/mol. The van der Waals surface area contributed by atoms with Crippen LogP contribution >= 0.6 is 0 Å². The molecule has 5 N–H and O–H groups in total. The highest BCUT2D eigenvalue weighted by atomic mass is 16.1. The summed E-state index contributed by atoms with van der Waals surface area (Å²) < 4.78 is 0. The molecule has 2 amide bonds. The van der Waals surface area contributed by atoms with Crippen LogP contribution in [0.3, 0.4) is 0 Å². The second-order valence-electron chi connectivity index (χ2n) is 5.46. The monoisotopic (exact) mass is 290 g/mol. The number of primary amides is 2. The first kappa shape index (κ1) is 15.5. The number of likely N-dealkylation sites (tertiary alicyclic amines) is 1. The summed E-state index contributed by atoms with van der Waals surface area (Å²) in [7, 11) is 0. The van der Waals surface area contributed by atoms with Gasteiger partial charge in [0, 0.05) is 31.2 Å². The second-order valence-corrected chi connectivity index (χ2v) is 5.46. The minimum atomic E-state index is -0.406. The van der Waals surface area contributed by atoms with E-state index in [0.29, 0.717) is 24.7 Å². The van der Waals surface area contributed by atoms with Crippen LogP contribution in [0.2, 0.25) is 0 Å². The van der Waals surface area contributed by atoms with E-state index >= 15 is 0 Å². The number of hydrogen-bond acceptors (Lipinski definition) is 4. The molecule has 0 atom stereocenters. The highest BCUT2D eigenvalue weighted by molar-refractivity contribution is 5.92. The van der Waals surface area contributed by atoms with Gasteiger partial charge in [0.05, 0.1) is 6.54 Å². The lowest BCUT2D eigenvalue weighted by Crippen LogP contribution is -2.45. The molecule has 1 aliphatic rings. The number of nitrogens with one attached hydrogen (secondary N) is 1. The fourth-order valence-electron chi connectivity index (χ4n) is 2.61. The molecule has 0 bridgehead atoms. The Hall–Kier alpha value is -1.92. The quantitative estimate of drug-likeness (QED) is 0.676. The van der Waals surface area contributed by atoms with Gasteiger partial charge in [0.2, 0.25) is 11.8 Å². The Balaban J connectivity index is 1.78. The first-order chi connectivity index (χ1) is 10.0. The van der Waals surface area contributed by atoms with Crippen LogP contribution < -0.4 is 16.8 Å². The number of hydrogen-bond donors (Lipinski definition) is 3. The summed E-state index contributed by atoms with van der Waals surface area (Å²) in [5.74, 6) is -0.679. The summed E-state index contributed by atoms with van der Waals surface area (Å²) in [6.07, 6.45) is 1.98. The summed E-state index contributed by atoms with van der Waals surface area (Å²) in [5.41, 5.74) is 12.1. The number of rotatable bonds is 6. The third-order valence-corrected chi connectivity index (χ3v) is 3.77. The Bertz CT molecular complexity index is 510. The average molecular weight is 290 g/mol. The van der Waals surface area contributed by atoms with Crippen molar-refractivity contribution in [1.29, 1.82) is 0 Å². The fourth-order valence-corrected chi connectivity index (χ4v) is 2.61. The van der Waals surface area contributed by atoms with Gasteiger partial charge in [-0.25, -0.2) is 0 Å². The lowest BCUT2D eigenvalue weighted by molar-refractivity contribution is -0.119. The van der Waals surface area contributed by atoms with E-state index in [1.54, 1.807) is 6.07 Å². The highest BCUT2D eigenvalue weighted by Gasteiger charge is 2.19. The Morgan fingerprint density at radius 3 is 2.57 bits per heavy atom. The van der Waals surface area contributed by atoms with Gasteiger partial charge in [-0.05, 0) is 30.5 Å². The zero-order valence-electron chi connectivity index (χ0n) is 12.0. The molecule has 114 valence electrons. The van der Waals surface area contributed by atoms with Crippen molar-refractivity contribution in [1.82, 2.24) is 10.2 Å². The van der Waals surface area contributed by atoms with Crippen LogP contribution in [0.1, 0.15) is 28.8 Å². The second kappa shape index (κ2) is 7.19. The molecular formula is C15H22N4O2. The van der Waals surface area contributed by atoms with Gasteiger partial charge < -0.3 is 16.8 Å². The maximum atomic E-state index is 11.1. The van der Waals surface area contributed by atoms with Crippen LogP contribution in [0, 0.1) is 0 Å². The SMILES string of the molecule is NC(=O)CN1CCC(NCc2cccc(C(N)=O)c2)CC1. The number of carbonyl (C=O) groups is 2. The van der Waals surface area contributed by atoms with Crippen molar-refractivity contribution in [3.05, 3.63) is 35.4 Å². The molecule has 1 fully saturated rings. The summed E-state index contributed by atoms with van der Waals surface area (Å²) in [6, 6.07) is 7.77. The summed E-state index contributed by atoms with van der Waals surface area (Å²) >= 11 is 0. The zero-order valence-corrected chi connectivity index (χ0v) is 12.0. The van der Waals surface area contributed by atoms with E-state index in [0.717, 1.165) is 31.5 Å². The van der Waals surface area contributed by atoms with Gasteiger partial charge in [-0.1, -0.05) is 12.1 Å². The maximum absolute atomic E-state index is 11.1. The van der Waals surface area contributed by atoms with Gasteiger partial charge in [0.25, 0.3) is 0 Å². The summed E-state index contributed by atoms with van der Waals surface area (Å²) in [4.78, 5) is 24.1. The van der Waals surface area contributed by atoms with Gasteiger partial charge in [-0.3, -0.25) is 14.5 Å². The molecule has 1 heterocycles. The molecule has 6 nitrogen and oxygen atoms in total. The topological polar surface area (TPSA) is 101 Å². The van der Waals surface area contributed by atoms with E-state index in [2.05, 4.69) is 10.2 Å². The number of carbonyl (C=O) groups excluding carboxylic acids is 2. The molecule has 0 aliphatic carbocycles. The zero-order chi connectivity index (χ0) is 15.2. The standard InChI is InChI=1S/C15H22N4O2/c16-14(20)10-19-6-4-13(5-7-19)18-9-11-2-1-3-12(8-11)15(17)21/h1-3,8,13,18H,4-7,9-10H2,(H2,16,20)(H2,17,21). The van der Waals surface area contributed by atoms with E-state index in [9.17, 15) is 9.59 Å². The highest BCUT2D eigenvalue weighted by Crippen LogP contribution is 2.11. The number of nitrogens with two attached hydrogens (primary N) is 2. The smallest absolute Gasteiger partial charge is 0.248 e. The van der Waals surface area contributed by atoms with Crippen molar-refractivity contribution in [2.75, 3.05) is 19.6 Å². The molecule has 21 heavy (non-hydrogen) atoms. The van der Waals surface area contributed by atoms with Gasteiger partial charge >= 0.3 is 0 Å². The van der Waals surface area contributed by atoms with E-state index < -0.39 is 5.91 Å². The minimum absolute atomic E-state index is 0.273. The molecule has 6 heteroatoms. The number of benzene rings is 1. The molecule has 1 aromatic carbocycles. The third kappa shape index (κ3) is 4.84. The van der Waals surface area contributed by atoms with E-state index in [1.165, 1.54) is 0 Å². The number of piperidine rings is 1. The lowest BCUT2D eigenvalue weighted by atomic mass is 10.0. The van der Waals surface area contributed by atoms with Crippen molar-refractivity contribution in [3.8, 4) is 0 Å². The van der Waals surface area contributed by atoms with Crippen molar-refractivity contribution in [2.45, 2.75) is 25.4 Å². The maximum Gasteiger partial charge on any atom is 0.248 e. The Kier molecular flexibility index (Phi) is 5.30. The molecule has 0 saturated carbocycles. The van der Waals surface area contributed by atoms with E-state index in [4.69, 9.17) is 11.5 Å². The number of nitrogens with zero attached hydrogens (tertiary/aromatic N) is 1. The molecule has 1 saturated heterocycles. The Labute approximate surface area is 124 Å². The third-order valence-electron chi connectivity index (χ3n) is 3.77. The predicted octanol–water partition coefficient (Wildman–Crippen LogP) is -0.175. The number of amides is 2. The minimum Gasteiger partial charge on any atom is -0.369 e. The molecule has 0 unspecified atom stereocenters. The first-order valence-corrected chi connectivity index (χ1v) is 7.17. The average Bonchev–Trinajstić information content (AvgIpc) is 2.46. The molecule has 1 aromatic rings. The Morgan fingerprint density at radius 2 is 1.95 bits per heavy atom. The molecule has 0 aromatic heterocycles. The van der Waals surface area contributed by atoms with Gasteiger partial charge in [-0.15, -0.1) is 0 Å². The van der Waals surface area contributed by atoms with Crippen LogP contribution in [0.25, 0.3) is 0 Å². The van der Waals surface area contributed by atoms with Crippen LogP contribution in [0.15, 0.2) is 24.3 Å². The molecule has 2 rings (SSSR count). The van der Waals surface area contributed by atoms with Crippen molar-refractivity contribution < 1.29 is 9.59 Å². The van der Waals surface area contributed by atoms with Crippen LogP contribution in [-0.4, -0.2) is 42.4 Å². The van der Waals surface area contributed by atoms with Crippen molar-refractivity contribution in [2.24, 2.45) is 11.5 Å². The summed E-state index contributed by atoms with van der Waals surface area (Å²) in [5, 5.41) is 3.48. The van der Waals surface area contributed by atoms with Gasteiger partial charge in [-0.2, -0.15) is 0 Å². The van der Waals surface area contributed by atoms with Crippen LogP contribution in [-0.2, 0) is 11.3 Å². The first-order valence-electron chi connectivity index (χ1n) is 7.17. The predicted molar refractivity (Wildman–Crippen MR) is 80.5 cm³/mol. The molecule has 0 radical (unpaired) electrons. The van der Waals surface area contributed by atoms with E-state index in [1.807, 2.05) is 18.2 Å². The van der Waals surface area contributed by atoms with Crippen LogP contribution in [0.4, 0.5) is 0 Å². The van der Waals surface area contributed by atoms with Crippen LogP contribution in [0.5, 0.6) is 0 Å². The van der Waals surface area contributed by atoms with Crippen molar-refractivity contribution in [3.63, 3.8) is 0 Å². The van der Waals surface area contributed by atoms with Crippen molar-refractivity contribution >= 4 is 11.8 Å².